The summed E-state index contributed by atoms with van der Waals surface area (Å²) in [5.74, 6) is 0.370. The number of hydrogen-bond donors (Lipinski definition) is 2. The Morgan fingerprint density at radius 1 is 1.00 bits per heavy atom. The van der Waals surface area contributed by atoms with Crippen LogP contribution in [0.2, 0.25) is 0 Å². The number of hydrogen-bond acceptors (Lipinski definition) is 4. The van der Waals surface area contributed by atoms with E-state index in [-0.39, 0.29) is 28.0 Å². The highest BCUT2D eigenvalue weighted by atomic mass is 32.2. The van der Waals surface area contributed by atoms with Crippen molar-refractivity contribution in [1.82, 2.24) is 5.32 Å². The molecular weight excluding hydrogens is 424 g/mol. The van der Waals surface area contributed by atoms with Gasteiger partial charge in [-0.3, -0.25) is 9.52 Å². The van der Waals surface area contributed by atoms with Crippen molar-refractivity contribution >= 4 is 21.6 Å². The van der Waals surface area contributed by atoms with Crippen molar-refractivity contribution in [3.63, 3.8) is 0 Å². The lowest BCUT2D eigenvalue weighted by Gasteiger charge is -2.18. The third-order valence-electron chi connectivity index (χ3n) is 5.15. The Kier molecular flexibility index (Phi) is 7.20. The maximum absolute atomic E-state index is 13.3. The predicted octanol–water partition coefficient (Wildman–Crippen LogP) is 4.86. The summed E-state index contributed by atoms with van der Waals surface area (Å²) in [4.78, 5) is 12.9. The van der Waals surface area contributed by atoms with E-state index in [1.54, 1.807) is 50.4 Å². The van der Waals surface area contributed by atoms with Gasteiger partial charge in [0, 0.05) is 6.54 Å². The first-order valence-corrected chi connectivity index (χ1v) is 11.8. The van der Waals surface area contributed by atoms with Crippen LogP contribution in [-0.2, 0) is 16.6 Å². The van der Waals surface area contributed by atoms with Gasteiger partial charge in [0.05, 0.1) is 23.3 Å². The summed E-state index contributed by atoms with van der Waals surface area (Å²) in [6.45, 7) is 6.02. The second kappa shape index (κ2) is 9.87. The molecule has 6 nitrogen and oxygen atoms in total. The van der Waals surface area contributed by atoms with Gasteiger partial charge in [-0.25, -0.2) is 8.42 Å². The Labute approximate surface area is 189 Å². The van der Waals surface area contributed by atoms with Crippen LogP contribution in [0.1, 0.15) is 46.8 Å². The van der Waals surface area contributed by atoms with Crippen molar-refractivity contribution < 1.29 is 17.9 Å². The number of benzene rings is 3. The number of para-hydroxylation sites is 1. The summed E-state index contributed by atoms with van der Waals surface area (Å²) in [6.07, 6.45) is 0. The number of carbonyl (C=O) groups is 1. The third kappa shape index (κ3) is 5.29. The van der Waals surface area contributed by atoms with Crippen molar-refractivity contribution in [1.29, 1.82) is 0 Å². The molecule has 0 saturated carbocycles. The summed E-state index contributed by atoms with van der Waals surface area (Å²) < 4.78 is 34.6. The number of aryl methyl sites for hydroxylation is 1. The molecular formula is C25H28N2O4S. The van der Waals surface area contributed by atoms with Crippen LogP contribution < -0.4 is 14.8 Å². The van der Waals surface area contributed by atoms with E-state index in [1.807, 2.05) is 44.2 Å². The summed E-state index contributed by atoms with van der Waals surface area (Å²) in [6, 6.07) is 19.4. The van der Waals surface area contributed by atoms with Crippen molar-refractivity contribution in [2.24, 2.45) is 0 Å². The van der Waals surface area contributed by atoms with Crippen LogP contribution in [0.25, 0.3) is 0 Å². The van der Waals surface area contributed by atoms with Crippen molar-refractivity contribution in [3.05, 3.63) is 89.0 Å². The van der Waals surface area contributed by atoms with Gasteiger partial charge < -0.3 is 10.1 Å². The number of anilines is 1. The Morgan fingerprint density at radius 2 is 1.66 bits per heavy atom. The van der Waals surface area contributed by atoms with E-state index in [2.05, 4.69) is 10.0 Å². The lowest BCUT2D eigenvalue weighted by molar-refractivity contribution is 0.0952. The van der Waals surface area contributed by atoms with Crippen molar-refractivity contribution in [2.45, 2.75) is 38.1 Å². The van der Waals surface area contributed by atoms with Gasteiger partial charge in [-0.1, -0.05) is 56.3 Å². The summed E-state index contributed by atoms with van der Waals surface area (Å²) >= 11 is 0. The number of rotatable bonds is 8. The van der Waals surface area contributed by atoms with Gasteiger partial charge in [-0.2, -0.15) is 0 Å². The number of sulfonamides is 1. The number of amides is 1. The smallest absolute Gasteiger partial charge is 0.262 e. The fraction of sp³-hybridized carbons (Fsp3) is 0.240. The summed E-state index contributed by atoms with van der Waals surface area (Å²) in [7, 11) is -2.37. The van der Waals surface area contributed by atoms with Gasteiger partial charge >= 0.3 is 0 Å². The number of nitrogens with one attached hydrogen (secondary N) is 2. The van der Waals surface area contributed by atoms with E-state index < -0.39 is 10.0 Å². The first-order chi connectivity index (χ1) is 15.2. The normalized spacial score (nSPS) is 11.3. The average molecular weight is 453 g/mol. The highest BCUT2D eigenvalue weighted by Crippen LogP contribution is 2.32. The van der Waals surface area contributed by atoms with Crippen LogP contribution in [0.4, 0.5) is 5.69 Å². The molecule has 0 aliphatic rings. The van der Waals surface area contributed by atoms with E-state index in [0.29, 0.717) is 17.9 Å². The lowest BCUT2D eigenvalue weighted by Crippen LogP contribution is -2.25. The SMILES string of the molecule is COc1cc(C)c(S(=O)(=O)Nc2ccccc2C(=O)NCc2ccccc2)cc1C(C)C. The van der Waals surface area contributed by atoms with Crippen LogP contribution in [-0.4, -0.2) is 21.4 Å². The zero-order chi connectivity index (χ0) is 23.3. The monoisotopic (exact) mass is 452 g/mol. The van der Waals surface area contributed by atoms with Crippen molar-refractivity contribution in [2.75, 3.05) is 11.8 Å². The largest absolute Gasteiger partial charge is 0.496 e. The fourth-order valence-corrected chi connectivity index (χ4v) is 4.78. The molecule has 32 heavy (non-hydrogen) atoms. The van der Waals surface area contributed by atoms with Gasteiger partial charge in [-0.05, 0) is 53.8 Å². The number of carbonyl (C=O) groups excluding carboxylic acids is 1. The highest BCUT2D eigenvalue weighted by Gasteiger charge is 2.23. The molecule has 3 aromatic rings. The third-order valence-corrected chi connectivity index (χ3v) is 6.66. The molecule has 0 aromatic heterocycles. The van der Waals surface area contributed by atoms with E-state index in [9.17, 15) is 13.2 Å². The van der Waals surface area contributed by atoms with Crippen LogP contribution in [0.15, 0.2) is 71.6 Å². The molecule has 0 fully saturated rings. The molecule has 0 aliphatic carbocycles. The molecule has 0 aliphatic heterocycles. The van der Waals surface area contributed by atoms with E-state index >= 15 is 0 Å². The van der Waals surface area contributed by atoms with Gasteiger partial charge in [0.15, 0.2) is 0 Å². The molecule has 0 radical (unpaired) electrons. The van der Waals surface area contributed by atoms with E-state index in [4.69, 9.17) is 4.74 Å². The Hall–Kier alpha value is -3.32. The molecule has 168 valence electrons. The molecule has 0 saturated heterocycles. The molecule has 0 bridgehead atoms. The Bertz CT molecular complexity index is 1210. The second-order valence-electron chi connectivity index (χ2n) is 7.83. The first-order valence-electron chi connectivity index (χ1n) is 10.4. The fourth-order valence-electron chi connectivity index (χ4n) is 3.44. The standard InChI is InChI=1S/C25H28N2O4S/c1-17(2)21-15-24(18(3)14-23(21)31-4)32(29,30)27-22-13-9-8-12-20(22)25(28)26-16-19-10-6-5-7-11-19/h5-15,17,27H,16H2,1-4H3,(H,26,28). The van der Waals surface area contributed by atoms with Crippen LogP contribution in [0.3, 0.4) is 0 Å². The van der Waals surface area contributed by atoms with E-state index in [1.165, 1.54) is 0 Å². The minimum absolute atomic E-state index is 0.0792. The number of ether oxygens (including phenoxy) is 1. The first kappa shape index (κ1) is 23.3. The average Bonchev–Trinajstić information content (AvgIpc) is 2.77. The second-order valence-corrected chi connectivity index (χ2v) is 9.48. The highest BCUT2D eigenvalue weighted by molar-refractivity contribution is 7.92. The quantitative estimate of drug-likeness (QED) is 0.511. The van der Waals surface area contributed by atoms with Gasteiger partial charge in [0.2, 0.25) is 0 Å². The molecule has 7 heteroatoms. The van der Waals surface area contributed by atoms with Crippen LogP contribution >= 0.6 is 0 Å². The zero-order valence-corrected chi connectivity index (χ0v) is 19.5. The summed E-state index contributed by atoms with van der Waals surface area (Å²) in [5.41, 5.74) is 2.78. The minimum atomic E-state index is -3.93. The maximum atomic E-state index is 13.3. The molecule has 0 atom stereocenters. The number of methoxy groups -OCH3 is 1. The summed E-state index contributed by atoms with van der Waals surface area (Å²) in [5, 5.41) is 2.84. The van der Waals surface area contributed by atoms with Crippen LogP contribution in [0.5, 0.6) is 5.75 Å². The maximum Gasteiger partial charge on any atom is 0.262 e. The molecule has 2 N–H and O–H groups in total. The Balaban J connectivity index is 1.89. The van der Waals surface area contributed by atoms with Crippen LogP contribution in [0, 0.1) is 6.92 Å². The molecule has 3 aromatic carbocycles. The zero-order valence-electron chi connectivity index (χ0n) is 18.7. The molecule has 0 spiro atoms. The predicted molar refractivity (Wildman–Crippen MR) is 127 cm³/mol. The lowest BCUT2D eigenvalue weighted by atomic mass is 10.0. The molecule has 0 unspecified atom stereocenters. The molecule has 1 amide bonds. The molecule has 0 heterocycles. The Morgan fingerprint density at radius 3 is 2.31 bits per heavy atom. The van der Waals surface area contributed by atoms with Crippen molar-refractivity contribution in [3.8, 4) is 5.75 Å². The topological polar surface area (TPSA) is 84.5 Å². The van der Waals surface area contributed by atoms with E-state index in [0.717, 1.165) is 11.1 Å². The molecule has 3 rings (SSSR count). The van der Waals surface area contributed by atoms with Gasteiger partial charge in [0.1, 0.15) is 5.75 Å². The van der Waals surface area contributed by atoms with Gasteiger partial charge in [-0.15, -0.1) is 0 Å². The minimum Gasteiger partial charge on any atom is -0.496 e. The van der Waals surface area contributed by atoms with Gasteiger partial charge in [0.25, 0.3) is 15.9 Å².